The molecule has 0 aliphatic heterocycles. The first-order valence-electron chi connectivity index (χ1n) is 9.70. The van der Waals surface area contributed by atoms with E-state index in [1.807, 2.05) is 24.6 Å². The van der Waals surface area contributed by atoms with Gasteiger partial charge in [-0.2, -0.15) is 5.10 Å². The van der Waals surface area contributed by atoms with Gasteiger partial charge < -0.3 is 14.7 Å². The van der Waals surface area contributed by atoms with E-state index in [2.05, 4.69) is 15.6 Å². The number of pyridine rings is 1. The summed E-state index contributed by atoms with van der Waals surface area (Å²) in [6.07, 6.45) is 3.84. The molecule has 0 spiro atoms. The van der Waals surface area contributed by atoms with Gasteiger partial charge in [-0.3, -0.25) is 9.59 Å². The van der Waals surface area contributed by atoms with E-state index in [0.717, 1.165) is 18.5 Å². The zero-order valence-electron chi connectivity index (χ0n) is 17.0. The van der Waals surface area contributed by atoms with E-state index in [1.165, 1.54) is 4.90 Å². The molecule has 0 atom stereocenters. The molecule has 1 aliphatic carbocycles. The monoisotopic (exact) mass is 396 g/mol. The van der Waals surface area contributed by atoms with Crippen molar-refractivity contribution in [2.24, 2.45) is 0 Å². The van der Waals surface area contributed by atoms with Crippen molar-refractivity contribution in [1.29, 1.82) is 0 Å². The molecule has 9 heteroatoms. The van der Waals surface area contributed by atoms with Crippen LogP contribution in [0.1, 0.15) is 60.5 Å². The number of carbonyl (C=O) groups excluding carboxylic acids is 2. The van der Waals surface area contributed by atoms with Crippen molar-refractivity contribution in [3.05, 3.63) is 35.3 Å². The molecular formula is C20H24N6O3. The van der Waals surface area contributed by atoms with Crippen LogP contribution in [0.5, 0.6) is 0 Å². The Hall–Kier alpha value is -3.23. The van der Waals surface area contributed by atoms with Crippen LogP contribution >= 0.6 is 0 Å². The van der Waals surface area contributed by atoms with Gasteiger partial charge in [-0.15, -0.1) is 0 Å². The Morgan fingerprint density at radius 2 is 2.10 bits per heavy atom. The smallest absolute Gasteiger partial charge is 0.254 e. The molecule has 0 bridgehead atoms. The van der Waals surface area contributed by atoms with Crippen LogP contribution in [-0.4, -0.2) is 50.2 Å². The van der Waals surface area contributed by atoms with Gasteiger partial charge in [-0.1, -0.05) is 5.16 Å². The summed E-state index contributed by atoms with van der Waals surface area (Å²) < 4.78 is 6.77. The number of fused-ring (bicyclic) bond motifs is 1. The van der Waals surface area contributed by atoms with E-state index in [4.69, 9.17) is 9.51 Å². The number of nitrogens with one attached hydrogen (secondary N) is 1. The van der Waals surface area contributed by atoms with Gasteiger partial charge in [0.05, 0.1) is 23.7 Å². The second-order valence-corrected chi connectivity index (χ2v) is 7.82. The highest BCUT2D eigenvalue weighted by Crippen LogP contribution is 2.40. The summed E-state index contributed by atoms with van der Waals surface area (Å²) in [6.45, 7) is 5.69. The van der Waals surface area contributed by atoms with Gasteiger partial charge in [0.15, 0.2) is 11.5 Å². The molecule has 1 fully saturated rings. The van der Waals surface area contributed by atoms with Crippen LogP contribution in [-0.2, 0) is 4.79 Å². The first-order valence-corrected chi connectivity index (χ1v) is 9.70. The molecule has 0 radical (unpaired) electrons. The van der Waals surface area contributed by atoms with Crippen LogP contribution in [0.3, 0.4) is 0 Å². The molecule has 1 N–H and O–H groups in total. The minimum Gasteiger partial charge on any atom is -0.360 e. The minimum absolute atomic E-state index is 0.106. The number of amides is 2. The lowest BCUT2D eigenvalue weighted by molar-refractivity contribution is -0.116. The number of carbonyl (C=O) groups is 2. The summed E-state index contributed by atoms with van der Waals surface area (Å²) in [5.41, 5.74) is 2.15. The maximum Gasteiger partial charge on any atom is 0.254 e. The fourth-order valence-electron chi connectivity index (χ4n) is 3.28. The molecule has 9 nitrogen and oxygen atoms in total. The summed E-state index contributed by atoms with van der Waals surface area (Å²) in [5, 5.41) is 11.5. The zero-order valence-corrected chi connectivity index (χ0v) is 17.0. The highest BCUT2D eigenvalue weighted by atomic mass is 16.5. The molecule has 152 valence electrons. The summed E-state index contributed by atoms with van der Waals surface area (Å²) in [5.74, 6) is 0.729. The number of aryl methyl sites for hydroxylation is 1. The molecular weight excluding hydrogens is 372 g/mol. The molecule has 1 aliphatic rings. The average molecular weight is 396 g/mol. The van der Waals surface area contributed by atoms with Gasteiger partial charge in [-0.25, -0.2) is 9.67 Å². The zero-order chi connectivity index (χ0) is 20.7. The number of nitrogens with zero attached hydrogens (tertiary/aromatic N) is 5. The lowest BCUT2D eigenvalue weighted by Gasteiger charge is -2.17. The molecule has 2 amide bonds. The van der Waals surface area contributed by atoms with Crippen LogP contribution in [0, 0.1) is 6.92 Å². The molecule has 1 saturated carbocycles. The van der Waals surface area contributed by atoms with E-state index < -0.39 is 0 Å². The number of aromatic nitrogens is 4. The predicted octanol–water partition coefficient (Wildman–Crippen LogP) is 2.90. The summed E-state index contributed by atoms with van der Waals surface area (Å²) >= 11 is 0. The first kappa shape index (κ1) is 19.1. The average Bonchev–Trinajstić information content (AvgIpc) is 3.31. The maximum absolute atomic E-state index is 13.2. The van der Waals surface area contributed by atoms with E-state index in [-0.39, 0.29) is 24.4 Å². The van der Waals surface area contributed by atoms with Gasteiger partial charge in [0, 0.05) is 30.8 Å². The Bertz CT molecular complexity index is 1080. The molecule has 0 saturated heterocycles. The minimum atomic E-state index is -0.347. The first-order chi connectivity index (χ1) is 13.8. The predicted molar refractivity (Wildman–Crippen MR) is 107 cm³/mol. The van der Waals surface area contributed by atoms with Crippen molar-refractivity contribution < 1.29 is 14.1 Å². The maximum atomic E-state index is 13.2. The summed E-state index contributed by atoms with van der Waals surface area (Å²) in [6, 6.07) is 3.60. The number of hydrogen-bond acceptors (Lipinski definition) is 6. The van der Waals surface area contributed by atoms with Crippen molar-refractivity contribution in [2.75, 3.05) is 18.9 Å². The Balaban J connectivity index is 1.59. The largest absolute Gasteiger partial charge is 0.360 e. The van der Waals surface area contributed by atoms with Crippen molar-refractivity contribution in [3.63, 3.8) is 0 Å². The standard InChI is InChI=1S/C20H24N6O3/c1-11(2)26-19-15(9-21-26)14(8-16(22-19)13-5-6-13)20(28)25(4)10-18(27)23-17-7-12(3)29-24-17/h7-9,11,13H,5-6,10H2,1-4H3,(H,23,24,27). The van der Waals surface area contributed by atoms with Crippen LogP contribution in [0.2, 0.25) is 0 Å². The third-order valence-corrected chi connectivity index (χ3v) is 4.92. The highest BCUT2D eigenvalue weighted by molar-refractivity contribution is 6.07. The van der Waals surface area contributed by atoms with Gasteiger partial charge in [-0.05, 0) is 39.7 Å². The van der Waals surface area contributed by atoms with Crippen LogP contribution in [0.25, 0.3) is 11.0 Å². The van der Waals surface area contributed by atoms with Crippen LogP contribution in [0.15, 0.2) is 22.9 Å². The Morgan fingerprint density at radius 3 is 2.72 bits per heavy atom. The highest BCUT2D eigenvalue weighted by Gasteiger charge is 2.29. The van der Waals surface area contributed by atoms with Crippen molar-refractivity contribution in [1.82, 2.24) is 24.8 Å². The van der Waals surface area contributed by atoms with E-state index in [9.17, 15) is 9.59 Å². The van der Waals surface area contributed by atoms with Gasteiger partial charge >= 0.3 is 0 Å². The molecule has 3 aromatic rings. The Labute approximate surface area is 168 Å². The SMILES string of the molecule is Cc1cc(NC(=O)CN(C)C(=O)c2cc(C3CC3)nc3c2cnn3C(C)C)no1. The molecule has 0 unspecified atom stereocenters. The number of likely N-dealkylation sites (N-methyl/N-ethyl adjacent to an activating group) is 1. The number of hydrogen-bond donors (Lipinski definition) is 1. The quantitative estimate of drug-likeness (QED) is 0.687. The normalized spacial score (nSPS) is 13.8. The fourth-order valence-corrected chi connectivity index (χ4v) is 3.28. The molecule has 3 aromatic heterocycles. The Kier molecular flexibility index (Phi) is 4.81. The number of anilines is 1. The Morgan fingerprint density at radius 1 is 1.34 bits per heavy atom. The molecule has 4 rings (SSSR count). The molecule has 3 heterocycles. The lowest BCUT2D eigenvalue weighted by Crippen LogP contribution is -2.35. The van der Waals surface area contributed by atoms with Crippen LogP contribution < -0.4 is 5.32 Å². The molecule has 29 heavy (non-hydrogen) atoms. The molecule has 0 aromatic carbocycles. The second kappa shape index (κ2) is 7.31. The fraction of sp³-hybridized carbons (Fsp3) is 0.450. The van der Waals surface area contributed by atoms with Gasteiger partial charge in [0.1, 0.15) is 5.76 Å². The third kappa shape index (κ3) is 3.85. The summed E-state index contributed by atoms with van der Waals surface area (Å²) in [4.78, 5) is 31.6. The van der Waals surface area contributed by atoms with E-state index in [0.29, 0.717) is 34.1 Å². The third-order valence-electron chi connectivity index (χ3n) is 4.92. The van der Waals surface area contributed by atoms with Crippen molar-refractivity contribution >= 4 is 28.7 Å². The van der Waals surface area contributed by atoms with E-state index in [1.54, 1.807) is 26.2 Å². The van der Waals surface area contributed by atoms with Gasteiger partial charge in [0.2, 0.25) is 5.91 Å². The summed E-state index contributed by atoms with van der Waals surface area (Å²) in [7, 11) is 1.60. The topological polar surface area (TPSA) is 106 Å². The lowest BCUT2D eigenvalue weighted by atomic mass is 10.1. The van der Waals surface area contributed by atoms with Crippen molar-refractivity contribution in [3.8, 4) is 0 Å². The van der Waals surface area contributed by atoms with E-state index >= 15 is 0 Å². The second-order valence-electron chi connectivity index (χ2n) is 7.82. The van der Waals surface area contributed by atoms with Crippen LogP contribution in [0.4, 0.5) is 5.82 Å². The van der Waals surface area contributed by atoms with Gasteiger partial charge in [0.25, 0.3) is 5.91 Å². The van der Waals surface area contributed by atoms with Crippen molar-refractivity contribution in [2.45, 2.75) is 45.6 Å². The number of rotatable bonds is 6.